The number of aromatic nitrogens is 4. The number of anilines is 1. The van der Waals surface area contributed by atoms with E-state index in [4.69, 9.17) is 28.9 Å². The van der Waals surface area contributed by atoms with E-state index in [2.05, 4.69) is 10.4 Å². The lowest BCUT2D eigenvalue weighted by atomic mass is 9.96. The quantitative estimate of drug-likeness (QED) is 0.316. The molecule has 4 aromatic rings. The highest BCUT2D eigenvalue weighted by Gasteiger charge is 2.35. The first-order valence-corrected chi connectivity index (χ1v) is 13.5. The van der Waals surface area contributed by atoms with Crippen molar-refractivity contribution < 1.29 is 32.5 Å². The first-order chi connectivity index (χ1) is 20.0. The Kier molecular flexibility index (Phi) is 7.93. The summed E-state index contributed by atoms with van der Waals surface area (Å²) < 4.78 is 52.6. The maximum Gasteiger partial charge on any atom is 0.410 e. The number of halogens is 2. The number of methoxy groups -OCH3 is 3. The highest BCUT2D eigenvalue weighted by atomic mass is 19.1. The zero-order valence-corrected chi connectivity index (χ0v) is 24.4. The van der Waals surface area contributed by atoms with Crippen LogP contribution >= 0.6 is 0 Å². The van der Waals surface area contributed by atoms with Crippen molar-refractivity contribution in [2.24, 2.45) is 0 Å². The number of alkyl halides is 1. The van der Waals surface area contributed by atoms with E-state index < -0.39 is 29.6 Å². The molecule has 2 atom stereocenters. The van der Waals surface area contributed by atoms with Gasteiger partial charge in [-0.2, -0.15) is 4.52 Å². The Morgan fingerprint density at radius 1 is 1.05 bits per heavy atom. The zero-order chi connectivity index (χ0) is 30.2. The molecule has 1 amide bonds. The number of hydrogen-bond donors (Lipinski definition) is 1. The molecule has 0 radical (unpaired) electrons. The van der Waals surface area contributed by atoms with E-state index in [1.54, 1.807) is 41.1 Å². The molecule has 2 aromatic carbocycles. The minimum absolute atomic E-state index is 0.0300. The van der Waals surface area contributed by atoms with Crippen molar-refractivity contribution in [1.82, 2.24) is 24.5 Å². The van der Waals surface area contributed by atoms with Gasteiger partial charge in [0.05, 0.1) is 33.4 Å². The molecule has 2 unspecified atom stereocenters. The predicted molar refractivity (Wildman–Crippen MR) is 152 cm³/mol. The number of carbonyl (C=O) groups excluding carboxylic acids is 1. The van der Waals surface area contributed by atoms with Crippen LogP contribution in [0.5, 0.6) is 17.2 Å². The van der Waals surface area contributed by atoms with Crippen LogP contribution in [0.2, 0.25) is 0 Å². The maximum atomic E-state index is 14.9. The molecule has 13 heteroatoms. The summed E-state index contributed by atoms with van der Waals surface area (Å²) in [5, 5.41) is 8.35. The number of nitrogens with zero attached hydrogens (tertiary/aromatic N) is 5. The summed E-state index contributed by atoms with van der Waals surface area (Å²) in [5.74, 6) is 0.813. The van der Waals surface area contributed by atoms with E-state index in [1.807, 2.05) is 12.1 Å². The van der Waals surface area contributed by atoms with Crippen molar-refractivity contribution in [2.45, 2.75) is 51.4 Å². The Morgan fingerprint density at radius 3 is 2.50 bits per heavy atom. The highest BCUT2D eigenvalue weighted by Crippen LogP contribution is 2.32. The minimum atomic E-state index is -1.29. The van der Waals surface area contributed by atoms with Gasteiger partial charge in [0.25, 0.3) is 0 Å². The predicted octanol–water partition coefficient (Wildman–Crippen LogP) is 5.12. The van der Waals surface area contributed by atoms with Gasteiger partial charge in [-0.15, -0.1) is 5.10 Å². The molecule has 2 aromatic heterocycles. The van der Waals surface area contributed by atoms with Gasteiger partial charge in [0, 0.05) is 42.1 Å². The fourth-order valence-corrected chi connectivity index (χ4v) is 4.94. The molecular formula is C29H34F2N6O5. The van der Waals surface area contributed by atoms with Gasteiger partial charge in [-0.3, -0.25) is 0 Å². The zero-order valence-electron chi connectivity index (χ0n) is 24.4. The summed E-state index contributed by atoms with van der Waals surface area (Å²) in [7, 11) is 4.52. The van der Waals surface area contributed by atoms with Crippen LogP contribution in [-0.2, 0) is 11.3 Å². The van der Waals surface area contributed by atoms with E-state index >= 15 is 0 Å². The molecule has 1 aliphatic rings. The van der Waals surface area contributed by atoms with Crippen LogP contribution in [0.15, 0.2) is 30.3 Å². The second-order valence-electron chi connectivity index (χ2n) is 11.1. The molecule has 5 rings (SSSR count). The van der Waals surface area contributed by atoms with Gasteiger partial charge in [0.15, 0.2) is 23.0 Å². The summed E-state index contributed by atoms with van der Waals surface area (Å²) in [4.78, 5) is 23.5. The SMILES string of the molecule is COc1ccc(CNc2nc3cc(OC)c(F)cc3c3nc(C4CC(F)CN(C(=O)OC(C)(C)C)C4)nn23)c(OC)c1. The first kappa shape index (κ1) is 29.1. The van der Waals surface area contributed by atoms with Crippen LogP contribution in [0.1, 0.15) is 44.5 Å². The lowest BCUT2D eigenvalue weighted by Gasteiger charge is -2.34. The number of benzene rings is 2. The first-order valence-electron chi connectivity index (χ1n) is 13.5. The van der Waals surface area contributed by atoms with Gasteiger partial charge in [-0.25, -0.2) is 23.5 Å². The fraction of sp³-hybridized carbons (Fsp3) is 0.448. The van der Waals surface area contributed by atoms with Gasteiger partial charge in [0.1, 0.15) is 23.3 Å². The third kappa shape index (κ3) is 5.95. The average Bonchev–Trinajstić information content (AvgIpc) is 3.41. The number of piperidine rings is 1. The topological polar surface area (TPSA) is 112 Å². The van der Waals surface area contributed by atoms with Crippen LogP contribution in [0.3, 0.4) is 0 Å². The number of hydrogen-bond acceptors (Lipinski definition) is 9. The third-order valence-electron chi connectivity index (χ3n) is 6.91. The molecule has 1 fully saturated rings. The lowest BCUT2D eigenvalue weighted by molar-refractivity contribution is 0.0107. The number of rotatable bonds is 7. The molecule has 224 valence electrons. The van der Waals surface area contributed by atoms with Crippen molar-refractivity contribution in [3.8, 4) is 17.2 Å². The number of nitrogens with one attached hydrogen (secondary N) is 1. The van der Waals surface area contributed by atoms with E-state index in [-0.39, 0.29) is 25.3 Å². The second-order valence-corrected chi connectivity index (χ2v) is 11.1. The van der Waals surface area contributed by atoms with Gasteiger partial charge in [0.2, 0.25) is 5.95 Å². The third-order valence-corrected chi connectivity index (χ3v) is 6.91. The Hall–Kier alpha value is -4.42. The van der Waals surface area contributed by atoms with Crippen LogP contribution in [0.4, 0.5) is 19.5 Å². The van der Waals surface area contributed by atoms with E-state index in [0.717, 1.165) is 5.56 Å². The van der Waals surface area contributed by atoms with Crippen LogP contribution in [0, 0.1) is 5.82 Å². The van der Waals surface area contributed by atoms with Crippen molar-refractivity contribution in [2.75, 3.05) is 39.7 Å². The van der Waals surface area contributed by atoms with Crippen molar-refractivity contribution in [3.63, 3.8) is 0 Å². The minimum Gasteiger partial charge on any atom is -0.497 e. The molecule has 0 saturated carbocycles. The summed E-state index contributed by atoms with van der Waals surface area (Å²) in [6.45, 7) is 5.66. The largest absolute Gasteiger partial charge is 0.497 e. The molecule has 11 nitrogen and oxygen atoms in total. The van der Waals surface area contributed by atoms with Crippen LogP contribution < -0.4 is 19.5 Å². The lowest BCUT2D eigenvalue weighted by Crippen LogP contribution is -2.46. The summed E-state index contributed by atoms with van der Waals surface area (Å²) >= 11 is 0. The Balaban J connectivity index is 1.54. The number of carbonyl (C=O) groups is 1. The second kappa shape index (κ2) is 11.5. The molecule has 1 N–H and O–H groups in total. The number of likely N-dealkylation sites (tertiary alicyclic amines) is 1. The van der Waals surface area contributed by atoms with Gasteiger partial charge in [-0.05, 0) is 45.4 Å². The van der Waals surface area contributed by atoms with Crippen LogP contribution in [-0.4, -0.2) is 76.8 Å². The summed E-state index contributed by atoms with van der Waals surface area (Å²) in [6, 6.07) is 8.23. The molecule has 1 aliphatic heterocycles. The summed E-state index contributed by atoms with van der Waals surface area (Å²) in [5.41, 5.74) is 0.850. The number of ether oxygens (including phenoxy) is 4. The average molecular weight is 585 g/mol. The molecule has 0 bridgehead atoms. The van der Waals surface area contributed by atoms with Gasteiger partial charge < -0.3 is 29.2 Å². The molecule has 0 aliphatic carbocycles. The normalized spacial score (nSPS) is 17.4. The highest BCUT2D eigenvalue weighted by molar-refractivity contribution is 5.93. The number of amides is 1. The smallest absolute Gasteiger partial charge is 0.410 e. The monoisotopic (exact) mass is 584 g/mol. The Labute approximate surface area is 241 Å². The Bertz CT molecular complexity index is 1620. The van der Waals surface area contributed by atoms with Crippen LogP contribution in [0.25, 0.3) is 16.6 Å². The molecule has 42 heavy (non-hydrogen) atoms. The van der Waals surface area contributed by atoms with Gasteiger partial charge in [-0.1, -0.05) is 0 Å². The molecule has 0 spiro atoms. The van der Waals surface area contributed by atoms with Crippen molar-refractivity contribution in [1.29, 1.82) is 0 Å². The maximum absolute atomic E-state index is 14.9. The Morgan fingerprint density at radius 2 is 1.81 bits per heavy atom. The fourth-order valence-electron chi connectivity index (χ4n) is 4.94. The molecular weight excluding hydrogens is 550 g/mol. The molecule has 1 saturated heterocycles. The van der Waals surface area contributed by atoms with Crippen molar-refractivity contribution in [3.05, 3.63) is 47.5 Å². The number of fused-ring (bicyclic) bond motifs is 3. The standard InChI is InChI=1S/C29H34F2N6O5/c1-29(2,3)42-28(38)36-14-17(9-18(30)15-36)25-34-26-20-11-21(31)24(41-6)12-22(20)33-27(37(26)35-25)32-13-16-7-8-19(39-4)10-23(16)40-5/h7-8,10-12,17-18H,9,13-15H2,1-6H3,(H,32,33). The van der Waals surface area contributed by atoms with Gasteiger partial charge >= 0.3 is 6.09 Å². The van der Waals surface area contributed by atoms with E-state index in [1.165, 1.54) is 28.7 Å². The van der Waals surface area contributed by atoms with E-state index in [0.29, 0.717) is 46.4 Å². The van der Waals surface area contributed by atoms with E-state index in [9.17, 15) is 13.6 Å². The summed E-state index contributed by atoms with van der Waals surface area (Å²) in [6.07, 6.45) is -1.77. The molecule has 3 heterocycles. The van der Waals surface area contributed by atoms with Crippen molar-refractivity contribution >= 4 is 28.6 Å².